The van der Waals surface area contributed by atoms with E-state index in [1.165, 1.54) is 7.11 Å². The number of rotatable bonds is 6. The van der Waals surface area contributed by atoms with Gasteiger partial charge < -0.3 is 18.9 Å². The summed E-state index contributed by atoms with van der Waals surface area (Å²) in [7, 11) is -2.10. The van der Waals surface area contributed by atoms with Crippen LogP contribution in [0.4, 0.5) is 0 Å². The largest absolute Gasteiger partial charge is 0.467 e. The van der Waals surface area contributed by atoms with Crippen LogP contribution >= 0.6 is 0 Å². The molecule has 1 unspecified atom stereocenters. The molecule has 0 saturated carbocycles. The van der Waals surface area contributed by atoms with Gasteiger partial charge in [0.15, 0.2) is 15.9 Å². The van der Waals surface area contributed by atoms with Crippen LogP contribution in [-0.2, 0) is 33.6 Å². The highest BCUT2D eigenvalue weighted by Gasteiger charge is 2.31. The van der Waals surface area contributed by atoms with Crippen molar-refractivity contribution >= 4 is 15.8 Å². The molecule has 1 atom stereocenters. The zero-order valence-corrected chi connectivity index (χ0v) is 16.3. The monoisotopic (exact) mass is 398 g/mol. The molecule has 0 aromatic heterocycles. The topological polar surface area (TPSA) is 88.1 Å². The summed E-state index contributed by atoms with van der Waals surface area (Å²) in [6.07, 6.45) is 1.46. The first-order chi connectivity index (χ1) is 13.0. The Morgan fingerprint density at radius 1 is 1.00 bits per heavy atom. The Balaban J connectivity index is 1.77. The summed E-state index contributed by atoms with van der Waals surface area (Å²) in [5.41, 5.74) is 0.583. The Labute approximate surface area is 159 Å². The minimum Gasteiger partial charge on any atom is -0.467 e. The van der Waals surface area contributed by atoms with Crippen LogP contribution in [0.2, 0.25) is 0 Å². The molecule has 3 rings (SSSR count). The van der Waals surface area contributed by atoms with E-state index < -0.39 is 27.2 Å². The Hall–Kier alpha value is -1.48. The van der Waals surface area contributed by atoms with Crippen molar-refractivity contribution < 1.29 is 32.2 Å². The van der Waals surface area contributed by atoms with Gasteiger partial charge in [-0.15, -0.1) is 0 Å². The lowest BCUT2D eigenvalue weighted by atomic mass is 10.1. The summed E-state index contributed by atoms with van der Waals surface area (Å²) in [5, 5.41) is -0.424. The molecule has 0 amide bonds. The molecule has 2 aliphatic rings. The number of sulfone groups is 1. The van der Waals surface area contributed by atoms with E-state index >= 15 is 0 Å². The second kappa shape index (κ2) is 9.14. The smallest absolute Gasteiger partial charge is 0.339 e. The van der Waals surface area contributed by atoms with Crippen molar-refractivity contribution in [2.24, 2.45) is 0 Å². The van der Waals surface area contributed by atoms with Crippen molar-refractivity contribution in [3.05, 3.63) is 29.8 Å². The van der Waals surface area contributed by atoms with Crippen LogP contribution in [0.1, 0.15) is 37.4 Å². The van der Waals surface area contributed by atoms with Gasteiger partial charge in [0.1, 0.15) is 0 Å². The number of carbonyl (C=O) groups is 1. The fourth-order valence-corrected chi connectivity index (χ4v) is 5.11. The molecule has 0 bridgehead atoms. The summed E-state index contributed by atoms with van der Waals surface area (Å²) in [4.78, 5) is 12.5. The molecule has 0 radical (unpaired) electrons. The van der Waals surface area contributed by atoms with Crippen LogP contribution in [0.25, 0.3) is 0 Å². The van der Waals surface area contributed by atoms with Gasteiger partial charge in [0, 0.05) is 26.4 Å². The maximum atomic E-state index is 12.8. The summed E-state index contributed by atoms with van der Waals surface area (Å²) in [6.45, 7) is 2.12. The number of esters is 1. The normalized spacial score (nSPS) is 20.9. The predicted octanol–water partition coefficient (Wildman–Crippen LogP) is 2.05. The van der Waals surface area contributed by atoms with Gasteiger partial charge in [0.2, 0.25) is 0 Å². The number of carbonyl (C=O) groups excluding carboxylic acids is 1. The summed E-state index contributed by atoms with van der Waals surface area (Å²) in [6, 6.07) is 6.35. The van der Waals surface area contributed by atoms with Crippen molar-refractivity contribution in [2.45, 2.75) is 48.0 Å². The molecule has 2 fully saturated rings. The van der Waals surface area contributed by atoms with Gasteiger partial charge in [0.05, 0.1) is 23.4 Å². The molecule has 7 nitrogen and oxygen atoms in total. The van der Waals surface area contributed by atoms with E-state index in [4.69, 9.17) is 18.9 Å². The van der Waals surface area contributed by atoms with Crippen molar-refractivity contribution in [2.75, 3.05) is 33.5 Å². The molecule has 0 N–H and O–H groups in total. The molecule has 150 valence electrons. The first-order valence-electron chi connectivity index (χ1n) is 9.25. The average Bonchev–Trinajstić information content (AvgIpc) is 2.73. The Kier molecular flexibility index (Phi) is 6.86. The molecule has 1 aromatic rings. The third-order valence-electron chi connectivity index (χ3n) is 5.03. The Bertz CT molecular complexity index is 717. The fraction of sp³-hybridized carbons (Fsp3) is 0.632. The third kappa shape index (κ3) is 4.87. The lowest BCUT2D eigenvalue weighted by Crippen LogP contribution is -2.29. The molecule has 1 aromatic carbocycles. The van der Waals surface area contributed by atoms with E-state index in [9.17, 15) is 13.2 Å². The van der Waals surface area contributed by atoms with Gasteiger partial charge >= 0.3 is 5.97 Å². The zero-order chi connectivity index (χ0) is 19.3. The number of benzene rings is 1. The molecule has 2 saturated heterocycles. The van der Waals surface area contributed by atoms with Crippen molar-refractivity contribution in [3.8, 4) is 0 Å². The fourth-order valence-electron chi connectivity index (χ4n) is 3.39. The van der Waals surface area contributed by atoms with E-state index in [2.05, 4.69) is 0 Å². The van der Waals surface area contributed by atoms with Gasteiger partial charge in [-0.2, -0.15) is 0 Å². The highest BCUT2D eigenvalue weighted by Crippen LogP contribution is 2.28. The zero-order valence-electron chi connectivity index (χ0n) is 15.5. The van der Waals surface area contributed by atoms with Crippen LogP contribution in [-0.4, -0.2) is 59.3 Å². The molecule has 2 heterocycles. The summed E-state index contributed by atoms with van der Waals surface area (Å²) < 4.78 is 47.0. The molecule has 0 aliphatic carbocycles. The van der Waals surface area contributed by atoms with Crippen molar-refractivity contribution in [1.29, 1.82) is 0 Å². The number of methoxy groups -OCH3 is 1. The average molecular weight is 398 g/mol. The van der Waals surface area contributed by atoms with E-state index in [1.807, 2.05) is 0 Å². The third-order valence-corrected chi connectivity index (χ3v) is 7.31. The predicted molar refractivity (Wildman–Crippen MR) is 97.2 cm³/mol. The van der Waals surface area contributed by atoms with E-state index in [1.54, 1.807) is 24.3 Å². The standard InChI is InChI=1S/C19H26O7S/c1-23-19(20)18(26-15-6-10-24-11-7-15)14-2-4-16(5-3-14)27(21,22)17-8-12-25-13-9-17/h2-5,15,17-18H,6-13H2,1H3. The van der Waals surface area contributed by atoms with Gasteiger partial charge in [-0.3, -0.25) is 0 Å². The lowest BCUT2D eigenvalue weighted by molar-refractivity contribution is -0.162. The number of hydrogen-bond acceptors (Lipinski definition) is 7. The molecule has 2 aliphatic heterocycles. The second-order valence-corrected chi connectivity index (χ2v) is 9.00. The van der Waals surface area contributed by atoms with Crippen LogP contribution in [0, 0.1) is 0 Å². The molecular formula is C19H26O7S. The summed E-state index contributed by atoms with van der Waals surface area (Å²) >= 11 is 0. The number of hydrogen-bond donors (Lipinski definition) is 0. The summed E-state index contributed by atoms with van der Waals surface area (Å²) in [5.74, 6) is -0.499. The first kappa shape index (κ1) is 20.3. The maximum absolute atomic E-state index is 12.8. The second-order valence-electron chi connectivity index (χ2n) is 6.78. The minimum atomic E-state index is -3.41. The molecule has 0 spiro atoms. The minimum absolute atomic E-state index is 0.0894. The number of ether oxygens (including phenoxy) is 4. The van der Waals surface area contributed by atoms with Crippen molar-refractivity contribution in [3.63, 3.8) is 0 Å². The van der Waals surface area contributed by atoms with Crippen LogP contribution < -0.4 is 0 Å². The highest BCUT2D eigenvalue weighted by molar-refractivity contribution is 7.92. The van der Waals surface area contributed by atoms with Gasteiger partial charge in [0.25, 0.3) is 0 Å². The molecule has 27 heavy (non-hydrogen) atoms. The van der Waals surface area contributed by atoms with E-state index in [-0.39, 0.29) is 11.0 Å². The Morgan fingerprint density at radius 3 is 2.11 bits per heavy atom. The van der Waals surface area contributed by atoms with Crippen LogP contribution in [0.15, 0.2) is 29.2 Å². The van der Waals surface area contributed by atoms with Crippen LogP contribution in [0.5, 0.6) is 0 Å². The molecular weight excluding hydrogens is 372 g/mol. The van der Waals surface area contributed by atoms with Gasteiger partial charge in [-0.25, -0.2) is 13.2 Å². The first-order valence-corrected chi connectivity index (χ1v) is 10.8. The molecule has 8 heteroatoms. The highest BCUT2D eigenvalue weighted by atomic mass is 32.2. The van der Waals surface area contributed by atoms with E-state index in [0.29, 0.717) is 57.7 Å². The van der Waals surface area contributed by atoms with Gasteiger partial charge in [-0.1, -0.05) is 12.1 Å². The SMILES string of the molecule is COC(=O)C(OC1CCOCC1)c1ccc(S(=O)(=O)C2CCOCC2)cc1. The maximum Gasteiger partial charge on any atom is 0.339 e. The Morgan fingerprint density at radius 2 is 1.56 bits per heavy atom. The van der Waals surface area contributed by atoms with Gasteiger partial charge in [-0.05, 0) is 43.4 Å². The quantitative estimate of drug-likeness (QED) is 0.678. The van der Waals surface area contributed by atoms with E-state index in [0.717, 1.165) is 0 Å². The lowest BCUT2D eigenvalue weighted by Gasteiger charge is -2.27. The van der Waals surface area contributed by atoms with Crippen molar-refractivity contribution in [1.82, 2.24) is 0 Å². The van der Waals surface area contributed by atoms with Crippen LogP contribution in [0.3, 0.4) is 0 Å².